The largest absolute Gasteiger partial charge is 0.385 e. The molecular formula is C15H22N2O3S. The molecule has 5 nitrogen and oxygen atoms in total. The second-order valence-electron chi connectivity index (χ2n) is 5.46. The zero-order valence-electron chi connectivity index (χ0n) is 12.5. The second kappa shape index (κ2) is 6.47. The first-order chi connectivity index (χ1) is 9.91. The first-order valence-corrected chi connectivity index (χ1v) is 9.09. The average Bonchev–Trinajstić information content (AvgIpc) is 2.43. The van der Waals surface area contributed by atoms with Crippen LogP contribution >= 0.6 is 0 Å². The molecule has 2 N–H and O–H groups in total. The molecule has 1 saturated heterocycles. The Balaban J connectivity index is 1.99. The van der Waals surface area contributed by atoms with E-state index < -0.39 is 9.84 Å². The van der Waals surface area contributed by atoms with Crippen molar-refractivity contribution in [1.82, 2.24) is 5.32 Å². The molecule has 1 aliphatic rings. The lowest BCUT2D eigenvalue weighted by Crippen LogP contribution is -2.40. The standard InChI is InChI=1S/C15H22N2O3S/c1-3-16-14-5-4-12(10-11(14)2)15(18)17-13-6-8-21(19,20)9-7-13/h4-5,10,13,16H,3,6-9H2,1-2H3,(H,17,18). The number of benzene rings is 1. The molecule has 2 rings (SSSR count). The van der Waals surface area contributed by atoms with E-state index in [4.69, 9.17) is 0 Å². The molecule has 0 unspecified atom stereocenters. The molecule has 1 fully saturated rings. The van der Waals surface area contributed by atoms with Crippen molar-refractivity contribution in [2.75, 3.05) is 23.4 Å². The third-order valence-corrected chi connectivity index (χ3v) is 5.46. The Morgan fingerprint density at radius 3 is 2.52 bits per heavy atom. The van der Waals surface area contributed by atoms with Gasteiger partial charge in [0.05, 0.1) is 11.5 Å². The molecule has 21 heavy (non-hydrogen) atoms. The molecule has 6 heteroatoms. The number of aryl methyl sites for hydroxylation is 1. The molecule has 1 aliphatic heterocycles. The maximum absolute atomic E-state index is 12.2. The lowest BCUT2D eigenvalue weighted by Gasteiger charge is -2.23. The number of hydrogen-bond acceptors (Lipinski definition) is 4. The minimum absolute atomic E-state index is 0.0465. The average molecular weight is 310 g/mol. The van der Waals surface area contributed by atoms with Crippen LogP contribution in [0, 0.1) is 6.92 Å². The van der Waals surface area contributed by atoms with E-state index in [2.05, 4.69) is 10.6 Å². The Bertz CT molecular complexity index is 612. The molecule has 0 aromatic heterocycles. The molecule has 0 radical (unpaired) electrons. The van der Waals surface area contributed by atoms with Crippen molar-refractivity contribution in [1.29, 1.82) is 0 Å². The van der Waals surface area contributed by atoms with E-state index in [9.17, 15) is 13.2 Å². The molecule has 0 spiro atoms. The SMILES string of the molecule is CCNc1ccc(C(=O)NC2CCS(=O)(=O)CC2)cc1C. The fourth-order valence-corrected chi connectivity index (χ4v) is 3.99. The molecule has 1 heterocycles. The van der Waals surface area contributed by atoms with Gasteiger partial charge in [-0.15, -0.1) is 0 Å². The Morgan fingerprint density at radius 1 is 1.29 bits per heavy atom. The van der Waals surface area contributed by atoms with Gasteiger partial charge in [-0.05, 0) is 50.5 Å². The van der Waals surface area contributed by atoms with Gasteiger partial charge in [0.15, 0.2) is 0 Å². The van der Waals surface area contributed by atoms with Gasteiger partial charge in [0.1, 0.15) is 9.84 Å². The van der Waals surface area contributed by atoms with Crippen molar-refractivity contribution < 1.29 is 13.2 Å². The predicted octanol–water partition coefficient (Wildman–Crippen LogP) is 1.73. The number of sulfone groups is 1. The van der Waals surface area contributed by atoms with E-state index in [0.29, 0.717) is 18.4 Å². The lowest BCUT2D eigenvalue weighted by molar-refractivity contribution is 0.0934. The fraction of sp³-hybridized carbons (Fsp3) is 0.533. The van der Waals surface area contributed by atoms with Crippen LogP contribution in [0.2, 0.25) is 0 Å². The van der Waals surface area contributed by atoms with Gasteiger partial charge >= 0.3 is 0 Å². The summed E-state index contributed by atoms with van der Waals surface area (Å²) in [6, 6.07) is 5.50. The minimum Gasteiger partial charge on any atom is -0.385 e. The summed E-state index contributed by atoms with van der Waals surface area (Å²) in [5, 5.41) is 6.16. The summed E-state index contributed by atoms with van der Waals surface area (Å²) in [5.41, 5.74) is 2.66. The molecule has 0 saturated carbocycles. The molecule has 0 bridgehead atoms. The molecule has 116 valence electrons. The topological polar surface area (TPSA) is 75.3 Å². The maximum atomic E-state index is 12.2. The number of amides is 1. The highest BCUT2D eigenvalue weighted by Crippen LogP contribution is 2.17. The second-order valence-corrected chi connectivity index (χ2v) is 7.76. The van der Waals surface area contributed by atoms with Crippen LogP contribution in [-0.2, 0) is 9.84 Å². The Labute approximate surface area is 126 Å². The first-order valence-electron chi connectivity index (χ1n) is 7.27. The van der Waals surface area contributed by atoms with E-state index >= 15 is 0 Å². The number of hydrogen-bond donors (Lipinski definition) is 2. The number of rotatable bonds is 4. The van der Waals surface area contributed by atoms with E-state index in [1.807, 2.05) is 26.0 Å². The highest BCUT2D eigenvalue weighted by atomic mass is 32.2. The van der Waals surface area contributed by atoms with Gasteiger partial charge in [0.2, 0.25) is 0 Å². The molecule has 1 aromatic rings. The summed E-state index contributed by atoms with van der Waals surface area (Å²) < 4.78 is 22.8. The van der Waals surface area contributed by atoms with Crippen molar-refractivity contribution in [3.8, 4) is 0 Å². The summed E-state index contributed by atoms with van der Waals surface area (Å²) in [7, 11) is -2.89. The van der Waals surface area contributed by atoms with E-state index in [1.165, 1.54) is 0 Å². The summed E-state index contributed by atoms with van der Waals surface area (Å²) in [4.78, 5) is 12.2. The van der Waals surface area contributed by atoms with Crippen LogP contribution in [-0.4, -0.2) is 38.4 Å². The summed E-state index contributed by atoms with van der Waals surface area (Å²) >= 11 is 0. The highest BCUT2D eigenvalue weighted by molar-refractivity contribution is 7.91. The number of carbonyl (C=O) groups is 1. The molecule has 0 atom stereocenters. The number of nitrogens with one attached hydrogen (secondary N) is 2. The van der Waals surface area contributed by atoms with Crippen molar-refractivity contribution in [3.05, 3.63) is 29.3 Å². The van der Waals surface area contributed by atoms with Crippen molar-refractivity contribution in [2.24, 2.45) is 0 Å². The van der Waals surface area contributed by atoms with Crippen LogP contribution in [0.3, 0.4) is 0 Å². The van der Waals surface area contributed by atoms with Gasteiger partial charge in [0, 0.05) is 23.8 Å². The van der Waals surface area contributed by atoms with E-state index in [1.54, 1.807) is 6.07 Å². The van der Waals surface area contributed by atoms with E-state index in [-0.39, 0.29) is 23.5 Å². The summed E-state index contributed by atoms with van der Waals surface area (Å²) in [6.45, 7) is 4.82. The van der Waals surface area contributed by atoms with E-state index in [0.717, 1.165) is 17.8 Å². The van der Waals surface area contributed by atoms with Gasteiger partial charge < -0.3 is 10.6 Å². The summed E-state index contributed by atoms with van der Waals surface area (Å²) in [5.74, 6) is 0.192. The minimum atomic E-state index is -2.89. The molecule has 0 aliphatic carbocycles. The summed E-state index contributed by atoms with van der Waals surface area (Å²) in [6.07, 6.45) is 1.01. The van der Waals surface area contributed by atoms with Crippen molar-refractivity contribution in [2.45, 2.75) is 32.7 Å². The third kappa shape index (κ3) is 4.20. The van der Waals surface area contributed by atoms with Crippen LogP contribution in [0.15, 0.2) is 18.2 Å². The first kappa shape index (κ1) is 15.8. The Morgan fingerprint density at radius 2 is 1.95 bits per heavy atom. The van der Waals surface area contributed by atoms with Gasteiger partial charge in [-0.25, -0.2) is 8.42 Å². The highest BCUT2D eigenvalue weighted by Gasteiger charge is 2.24. The lowest BCUT2D eigenvalue weighted by atomic mass is 10.1. The van der Waals surface area contributed by atoms with Gasteiger partial charge in [-0.3, -0.25) is 4.79 Å². The normalized spacial score (nSPS) is 18.2. The van der Waals surface area contributed by atoms with Crippen LogP contribution in [0.1, 0.15) is 35.7 Å². The quantitative estimate of drug-likeness (QED) is 0.888. The third-order valence-electron chi connectivity index (χ3n) is 3.75. The molecular weight excluding hydrogens is 288 g/mol. The Hall–Kier alpha value is -1.56. The van der Waals surface area contributed by atoms with Gasteiger partial charge in [-0.2, -0.15) is 0 Å². The zero-order valence-corrected chi connectivity index (χ0v) is 13.3. The zero-order chi connectivity index (χ0) is 15.5. The smallest absolute Gasteiger partial charge is 0.251 e. The Kier molecular flexibility index (Phi) is 4.88. The fourth-order valence-electron chi connectivity index (χ4n) is 2.50. The maximum Gasteiger partial charge on any atom is 0.251 e. The molecule has 1 amide bonds. The van der Waals surface area contributed by atoms with Gasteiger partial charge in [-0.1, -0.05) is 0 Å². The number of carbonyl (C=O) groups excluding carboxylic acids is 1. The van der Waals surface area contributed by atoms with Crippen LogP contribution < -0.4 is 10.6 Å². The van der Waals surface area contributed by atoms with Crippen LogP contribution in [0.25, 0.3) is 0 Å². The predicted molar refractivity (Wildman–Crippen MR) is 84.5 cm³/mol. The van der Waals surface area contributed by atoms with Gasteiger partial charge in [0.25, 0.3) is 5.91 Å². The van der Waals surface area contributed by atoms with Crippen molar-refractivity contribution >= 4 is 21.4 Å². The van der Waals surface area contributed by atoms with Crippen molar-refractivity contribution in [3.63, 3.8) is 0 Å². The van der Waals surface area contributed by atoms with Crippen LogP contribution in [0.4, 0.5) is 5.69 Å². The molecule has 1 aromatic carbocycles. The number of anilines is 1. The monoisotopic (exact) mass is 310 g/mol. The van der Waals surface area contributed by atoms with Crippen LogP contribution in [0.5, 0.6) is 0 Å².